The maximum atomic E-state index is 12.4. The summed E-state index contributed by atoms with van der Waals surface area (Å²) < 4.78 is 0. The number of aryl methyl sites for hydroxylation is 2. The van der Waals surface area contributed by atoms with Crippen LogP contribution in [0.3, 0.4) is 0 Å². The third kappa shape index (κ3) is 6.73. The van der Waals surface area contributed by atoms with Crippen molar-refractivity contribution < 1.29 is 14.7 Å². The van der Waals surface area contributed by atoms with Crippen LogP contribution in [0.4, 0.5) is 0 Å². The third-order valence-corrected chi connectivity index (χ3v) is 4.61. The number of phenolic OH excluding ortho intramolecular Hbond substituents is 1. The number of amides is 2. The van der Waals surface area contributed by atoms with E-state index in [0.717, 1.165) is 22.3 Å². The second kappa shape index (κ2) is 10.4. The van der Waals surface area contributed by atoms with E-state index in [4.69, 9.17) is 5.73 Å². The molecular weight excluding hydrogens is 368 g/mol. The van der Waals surface area contributed by atoms with Crippen molar-refractivity contribution in [1.29, 1.82) is 0 Å². The number of pyridine rings is 1. The van der Waals surface area contributed by atoms with Crippen LogP contribution in [-0.4, -0.2) is 34.0 Å². The summed E-state index contributed by atoms with van der Waals surface area (Å²) in [7, 11) is 0. The van der Waals surface area contributed by atoms with Crippen molar-refractivity contribution in [3.05, 3.63) is 71.2 Å². The maximum absolute atomic E-state index is 12.4. The Morgan fingerprint density at radius 1 is 1.24 bits per heavy atom. The minimum absolute atomic E-state index is 0.184. The molecule has 0 unspecified atom stereocenters. The third-order valence-electron chi connectivity index (χ3n) is 4.61. The highest BCUT2D eigenvalue weighted by molar-refractivity contribution is 5.89. The van der Waals surface area contributed by atoms with E-state index in [9.17, 15) is 14.7 Å². The zero-order valence-corrected chi connectivity index (χ0v) is 17.0. The van der Waals surface area contributed by atoms with Gasteiger partial charge in [-0.1, -0.05) is 12.1 Å². The van der Waals surface area contributed by atoms with Gasteiger partial charge >= 0.3 is 0 Å². The first-order valence-electron chi connectivity index (χ1n) is 9.47. The maximum Gasteiger partial charge on any atom is 0.246 e. The molecule has 5 N–H and O–H groups in total. The first kappa shape index (κ1) is 22.1. The predicted molar refractivity (Wildman–Crippen MR) is 112 cm³/mol. The molecule has 0 saturated carbocycles. The molecule has 29 heavy (non-hydrogen) atoms. The van der Waals surface area contributed by atoms with E-state index in [2.05, 4.69) is 15.6 Å². The van der Waals surface area contributed by atoms with Crippen molar-refractivity contribution in [2.45, 2.75) is 45.7 Å². The number of hydrogen-bond donors (Lipinski definition) is 4. The summed E-state index contributed by atoms with van der Waals surface area (Å²) in [6.45, 7) is 5.33. The minimum atomic E-state index is -0.798. The van der Waals surface area contributed by atoms with E-state index in [0.29, 0.717) is 12.8 Å². The molecule has 0 spiro atoms. The number of hydrogen-bond acceptors (Lipinski definition) is 5. The predicted octanol–water partition coefficient (Wildman–Crippen LogP) is 1.65. The molecule has 2 amide bonds. The Kier molecular flexibility index (Phi) is 7.91. The second-order valence-electron chi connectivity index (χ2n) is 7.08. The number of allylic oxidation sites excluding steroid dienone is 1. The number of nitrogens with one attached hydrogen (secondary N) is 2. The average Bonchev–Trinajstić information content (AvgIpc) is 2.68. The average molecular weight is 396 g/mol. The van der Waals surface area contributed by atoms with E-state index in [1.54, 1.807) is 37.7 Å². The molecule has 0 aliphatic heterocycles. The summed E-state index contributed by atoms with van der Waals surface area (Å²) in [6.07, 6.45) is 7.79. The number of carbonyl (C=O) groups excluding carboxylic acids is 2. The number of aromatic hydroxyl groups is 1. The van der Waals surface area contributed by atoms with E-state index >= 15 is 0 Å². The molecule has 1 aromatic heterocycles. The van der Waals surface area contributed by atoms with Crippen molar-refractivity contribution >= 4 is 11.8 Å². The van der Waals surface area contributed by atoms with Gasteiger partial charge in [0.05, 0.1) is 6.04 Å². The molecule has 7 nitrogen and oxygen atoms in total. The number of phenols is 1. The number of benzene rings is 1. The van der Waals surface area contributed by atoms with Crippen molar-refractivity contribution in [1.82, 2.24) is 15.6 Å². The molecular formula is C22H28N4O3. The molecule has 0 saturated heterocycles. The molecule has 1 aromatic carbocycles. The van der Waals surface area contributed by atoms with Crippen LogP contribution < -0.4 is 16.4 Å². The highest BCUT2D eigenvalue weighted by Crippen LogP contribution is 2.21. The summed E-state index contributed by atoms with van der Waals surface area (Å²) in [4.78, 5) is 28.6. The van der Waals surface area contributed by atoms with Crippen molar-refractivity contribution in [2.24, 2.45) is 5.73 Å². The van der Waals surface area contributed by atoms with E-state index in [1.807, 2.05) is 32.1 Å². The van der Waals surface area contributed by atoms with Gasteiger partial charge in [-0.3, -0.25) is 14.6 Å². The van der Waals surface area contributed by atoms with Gasteiger partial charge in [-0.25, -0.2) is 0 Å². The van der Waals surface area contributed by atoms with Gasteiger partial charge in [-0.15, -0.1) is 0 Å². The summed E-state index contributed by atoms with van der Waals surface area (Å²) in [6, 6.07) is 5.55. The molecule has 2 aromatic rings. The fourth-order valence-corrected chi connectivity index (χ4v) is 2.97. The Labute approximate surface area is 171 Å². The summed E-state index contributed by atoms with van der Waals surface area (Å²) in [5.74, 6) is -0.549. The Morgan fingerprint density at radius 3 is 2.55 bits per heavy atom. The summed E-state index contributed by atoms with van der Waals surface area (Å²) >= 11 is 0. The van der Waals surface area contributed by atoms with E-state index in [1.165, 1.54) is 0 Å². The zero-order chi connectivity index (χ0) is 21.4. The van der Waals surface area contributed by atoms with Gasteiger partial charge in [0.25, 0.3) is 0 Å². The quantitative estimate of drug-likeness (QED) is 0.541. The fraction of sp³-hybridized carbons (Fsp3) is 0.318. The smallest absolute Gasteiger partial charge is 0.246 e. The lowest BCUT2D eigenvalue weighted by Crippen LogP contribution is -2.50. The standard InChI is InChI=1S/C22H28N4O3/c1-14-10-18(27)11-15(2)19(14)12-20(23)22(29)26-16(3)21(28)25-9-5-7-17-6-4-8-24-13-17/h4-6,8-11,13,16,20,27H,7,12,23H2,1-3H3,(H,25,28)(H,26,29)/b9-5+/t16-,20+/m1/s1. The molecule has 0 aliphatic rings. The number of nitrogens with zero attached hydrogens (tertiary/aromatic N) is 1. The topological polar surface area (TPSA) is 117 Å². The number of nitrogens with two attached hydrogens (primary N) is 1. The van der Waals surface area contributed by atoms with Gasteiger partial charge in [-0.05, 0) is 74.1 Å². The van der Waals surface area contributed by atoms with Crippen LogP contribution in [-0.2, 0) is 22.4 Å². The Bertz CT molecular complexity index is 858. The highest BCUT2D eigenvalue weighted by atomic mass is 16.3. The van der Waals surface area contributed by atoms with Crippen LogP contribution in [0.1, 0.15) is 29.2 Å². The van der Waals surface area contributed by atoms with E-state index < -0.39 is 18.0 Å². The molecule has 7 heteroatoms. The Hall–Kier alpha value is -3.19. The van der Waals surface area contributed by atoms with Crippen molar-refractivity contribution in [3.63, 3.8) is 0 Å². The van der Waals surface area contributed by atoms with Crippen LogP contribution >= 0.6 is 0 Å². The monoisotopic (exact) mass is 396 g/mol. The highest BCUT2D eigenvalue weighted by Gasteiger charge is 2.21. The lowest BCUT2D eigenvalue weighted by Gasteiger charge is -2.18. The first-order valence-corrected chi connectivity index (χ1v) is 9.47. The molecule has 0 aliphatic carbocycles. The molecule has 154 valence electrons. The van der Waals surface area contributed by atoms with Crippen molar-refractivity contribution in [2.75, 3.05) is 0 Å². The summed E-state index contributed by atoms with van der Waals surface area (Å²) in [5, 5.41) is 14.9. The van der Waals surface area contributed by atoms with Gasteiger partial charge in [0.2, 0.25) is 11.8 Å². The normalized spacial score (nSPS) is 13.1. The van der Waals surface area contributed by atoms with Crippen LogP contribution in [0.2, 0.25) is 0 Å². The van der Waals surface area contributed by atoms with Gasteiger partial charge in [-0.2, -0.15) is 0 Å². The van der Waals surface area contributed by atoms with Crippen molar-refractivity contribution in [3.8, 4) is 5.75 Å². The zero-order valence-electron chi connectivity index (χ0n) is 17.0. The van der Waals surface area contributed by atoms with Gasteiger partial charge in [0.1, 0.15) is 11.8 Å². The Morgan fingerprint density at radius 2 is 1.93 bits per heavy atom. The molecule has 2 rings (SSSR count). The lowest BCUT2D eigenvalue weighted by atomic mass is 9.96. The lowest BCUT2D eigenvalue weighted by molar-refractivity contribution is -0.128. The fourth-order valence-electron chi connectivity index (χ4n) is 2.97. The molecule has 0 fully saturated rings. The van der Waals surface area contributed by atoms with Gasteiger partial charge in [0, 0.05) is 18.6 Å². The van der Waals surface area contributed by atoms with Gasteiger partial charge < -0.3 is 21.5 Å². The number of carbonyl (C=O) groups is 2. The largest absolute Gasteiger partial charge is 0.508 e. The molecule has 0 radical (unpaired) electrons. The first-order chi connectivity index (χ1) is 13.8. The Balaban J connectivity index is 1.83. The molecule has 2 atom stereocenters. The summed E-state index contributed by atoms with van der Waals surface area (Å²) in [5.41, 5.74) is 9.72. The molecule has 0 bridgehead atoms. The van der Waals surface area contributed by atoms with Crippen LogP contribution in [0.15, 0.2) is 48.9 Å². The number of rotatable bonds is 8. The number of aromatic nitrogens is 1. The van der Waals surface area contributed by atoms with Crippen LogP contribution in [0.25, 0.3) is 0 Å². The second-order valence-corrected chi connectivity index (χ2v) is 7.08. The van der Waals surface area contributed by atoms with Crippen LogP contribution in [0.5, 0.6) is 5.75 Å². The van der Waals surface area contributed by atoms with E-state index in [-0.39, 0.29) is 11.7 Å². The molecule has 1 heterocycles. The SMILES string of the molecule is Cc1cc(O)cc(C)c1C[C@H](N)C(=O)N[C@H](C)C(=O)N/C=C/Cc1cccnc1. The van der Waals surface area contributed by atoms with Crippen LogP contribution in [0, 0.1) is 13.8 Å². The van der Waals surface area contributed by atoms with Gasteiger partial charge in [0.15, 0.2) is 0 Å². The minimum Gasteiger partial charge on any atom is -0.508 e.